The van der Waals surface area contributed by atoms with Gasteiger partial charge in [0.1, 0.15) is 0 Å². The van der Waals surface area contributed by atoms with Gasteiger partial charge in [-0.15, -0.1) is 0 Å². The molecular weight excluding hydrogens is 212 g/mol. The molecule has 0 heterocycles. The van der Waals surface area contributed by atoms with Crippen molar-refractivity contribution in [1.29, 1.82) is 0 Å². The average molecular weight is 240 g/mol. The average Bonchev–Trinajstić information content (AvgIpc) is 2.35. The lowest BCUT2D eigenvalue weighted by molar-refractivity contribution is -0.123. The predicted molar refractivity (Wildman–Crippen MR) is 71.6 cm³/mol. The minimum absolute atomic E-state index is 0.0251. The van der Waals surface area contributed by atoms with Crippen LogP contribution in [0.2, 0.25) is 0 Å². The first kappa shape index (κ1) is 14.5. The first-order valence-corrected chi connectivity index (χ1v) is 7.09. The van der Waals surface area contributed by atoms with Crippen LogP contribution in [0.25, 0.3) is 0 Å². The first-order valence-electron chi connectivity index (χ1n) is 7.09. The van der Waals surface area contributed by atoms with Crippen LogP contribution in [0.4, 0.5) is 0 Å². The van der Waals surface area contributed by atoms with Gasteiger partial charge in [0.05, 0.1) is 6.04 Å². The van der Waals surface area contributed by atoms with E-state index in [1.54, 1.807) is 0 Å². The Labute approximate surface area is 106 Å². The number of nitrogens with one attached hydrogen (secondary N) is 1. The monoisotopic (exact) mass is 240 g/mol. The van der Waals surface area contributed by atoms with Gasteiger partial charge in [-0.05, 0) is 24.2 Å². The number of amides is 1. The Balaban J connectivity index is 2.31. The molecule has 4 unspecified atom stereocenters. The van der Waals surface area contributed by atoms with Crippen LogP contribution in [-0.4, -0.2) is 18.5 Å². The second-order valence-electron chi connectivity index (χ2n) is 5.68. The van der Waals surface area contributed by atoms with E-state index in [0.29, 0.717) is 5.92 Å². The van der Waals surface area contributed by atoms with Gasteiger partial charge in [-0.1, -0.05) is 46.5 Å². The van der Waals surface area contributed by atoms with Crippen LogP contribution in [-0.2, 0) is 4.79 Å². The maximum absolute atomic E-state index is 11.9. The Morgan fingerprint density at radius 1 is 1.41 bits per heavy atom. The van der Waals surface area contributed by atoms with E-state index in [1.165, 1.54) is 25.7 Å². The van der Waals surface area contributed by atoms with Gasteiger partial charge < -0.3 is 11.1 Å². The predicted octanol–water partition coefficient (Wildman–Crippen LogP) is 2.30. The van der Waals surface area contributed by atoms with Crippen molar-refractivity contribution in [3.05, 3.63) is 0 Å². The Morgan fingerprint density at radius 3 is 2.65 bits per heavy atom. The third kappa shape index (κ3) is 4.30. The van der Waals surface area contributed by atoms with E-state index < -0.39 is 0 Å². The van der Waals surface area contributed by atoms with Gasteiger partial charge >= 0.3 is 0 Å². The third-order valence-corrected chi connectivity index (χ3v) is 4.39. The van der Waals surface area contributed by atoms with E-state index in [4.69, 9.17) is 5.73 Å². The highest BCUT2D eigenvalue weighted by molar-refractivity contribution is 5.81. The summed E-state index contributed by atoms with van der Waals surface area (Å²) in [6.07, 6.45) is 6.16. The van der Waals surface area contributed by atoms with Crippen LogP contribution >= 0.6 is 0 Å². The van der Waals surface area contributed by atoms with Gasteiger partial charge in [0, 0.05) is 6.54 Å². The van der Waals surface area contributed by atoms with Crippen LogP contribution in [0.5, 0.6) is 0 Å². The molecule has 3 heteroatoms. The molecule has 1 aliphatic carbocycles. The molecule has 0 saturated heterocycles. The van der Waals surface area contributed by atoms with Crippen molar-refractivity contribution in [1.82, 2.24) is 5.32 Å². The SMILES string of the molecule is CCC(C)C(N)C(=O)NCC1CCCCC1C. The fourth-order valence-electron chi connectivity index (χ4n) is 2.56. The quantitative estimate of drug-likeness (QED) is 0.774. The molecule has 0 radical (unpaired) electrons. The summed E-state index contributed by atoms with van der Waals surface area (Å²) in [5.41, 5.74) is 5.91. The largest absolute Gasteiger partial charge is 0.354 e. The van der Waals surface area contributed by atoms with E-state index in [-0.39, 0.29) is 17.9 Å². The Bertz CT molecular complexity index is 242. The molecule has 3 N–H and O–H groups in total. The molecular formula is C14H28N2O. The molecule has 0 aromatic carbocycles. The van der Waals surface area contributed by atoms with Crippen molar-refractivity contribution in [2.75, 3.05) is 6.54 Å². The zero-order chi connectivity index (χ0) is 12.8. The third-order valence-electron chi connectivity index (χ3n) is 4.39. The fraction of sp³-hybridized carbons (Fsp3) is 0.929. The number of nitrogens with two attached hydrogens (primary N) is 1. The van der Waals surface area contributed by atoms with Gasteiger partial charge in [-0.25, -0.2) is 0 Å². The topological polar surface area (TPSA) is 55.1 Å². The Kier molecular flexibility index (Phi) is 5.96. The zero-order valence-electron chi connectivity index (χ0n) is 11.5. The second kappa shape index (κ2) is 7.00. The molecule has 0 aromatic rings. The lowest BCUT2D eigenvalue weighted by Gasteiger charge is -2.29. The number of carbonyl (C=O) groups excluding carboxylic acids is 1. The van der Waals surface area contributed by atoms with Crippen LogP contribution in [0.15, 0.2) is 0 Å². The highest BCUT2D eigenvalue weighted by Gasteiger charge is 2.24. The second-order valence-corrected chi connectivity index (χ2v) is 5.68. The highest BCUT2D eigenvalue weighted by Crippen LogP contribution is 2.28. The smallest absolute Gasteiger partial charge is 0.237 e. The summed E-state index contributed by atoms with van der Waals surface area (Å²) in [6.45, 7) is 7.21. The van der Waals surface area contributed by atoms with E-state index in [1.807, 2.05) is 6.92 Å². The maximum atomic E-state index is 11.9. The van der Waals surface area contributed by atoms with Gasteiger partial charge in [0.25, 0.3) is 0 Å². The fourth-order valence-corrected chi connectivity index (χ4v) is 2.56. The Morgan fingerprint density at radius 2 is 2.06 bits per heavy atom. The summed E-state index contributed by atoms with van der Waals surface area (Å²) in [6, 6.07) is -0.348. The molecule has 0 aliphatic heterocycles. The van der Waals surface area contributed by atoms with Crippen LogP contribution in [0.1, 0.15) is 52.9 Å². The number of carbonyl (C=O) groups is 1. The molecule has 1 rings (SSSR count). The molecule has 17 heavy (non-hydrogen) atoms. The van der Waals surface area contributed by atoms with E-state index in [0.717, 1.165) is 18.9 Å². The molecule has 0 aromatic heterocycles. The number of hydrogen-bond acceptors (Lipinski definition) is 2. The minimum Gasteiger partial charge on any atom is -0.354 e. The number of hydrogen-bond donors (Lipinski definition) is 2. The molecule has 1 saturated carbocycles. The van der Waals surface area contributed by atoms with E-state index >= 15 is 0 Å². The van der Waals surface area contributed by atoms with Gasteiger partial charge in [-0.2, -0.15) is 0 Å². The minimum atomic E-state index is -0.348. The van der Waals surface area contributed by atoms with Gasteiger partial charge in [-0.3, -0.25) is 4.79 Å². The van der Waals surface area contributed by atoms with Crippen molar-refractivity contribution in [3.8, 4) is 0 Å². The molecule has 3 nitrogen and oxygen atoms in total. The molecule has 1 aliphatic rings. The molecule has 100 valence electrons. The lowest BCUT2D eigenvalue weighted by Crippen LogP contribution is -2.46. The number of rotatable bonds is 5. The zero-order valence-corrected chi connectivity index (χ0v) is 11.5. The summed E-state index contributed by atoms with van der Waals surface area (Å²) < 4.78 is 0. The molecule has 0 spiro atoms. The van der Waals surface area contributed by atoms with E-state index in [2.05, 4.69) is 19.2 Å². The van der Waals surface area contributed by atoms with Crippen molar-refractivity contribution in [2.24, 2.45) is 23.5 Å². The van der Waals surface area contributed by atoms with Crippen molar-refractivity contribution in [3.63, 3.8) is 0 Å². The van der Waals surface area contributed by atoms with Crippen molar-refractivity contribution in [2.45, 2.75) is 58.9 Å². The summed E-state index contributed by atoms with van der Waals surface area (Å²) in [5.74, 6) is 1.68. The van der Waals surface area contributed by atoms with Crippen LogP contribution in [0.3, 0.4) is 0 Å². The van der Waals surface area contributed by atoms with Crippen LogP contribution < -0.4 is 11.1 Å². The molecule has 1 amide bonds. The van der Waals surface area contributed by atoms with Crippen molar-refractivity contribution < 1.29 is 4.79 Å². The maximum Gasteiger partial charge on any atom is 0.237 e. The summed E-state index contributed by atoms with van der Waals surface area (Å²) in [7, 11) is 0. The molecule has 0 bridgehead atoms. The summed E-state index contributed by atoms with van der Waals surface area (Å²) in [4.78, 5) is 11.9. The normalized spacial score (nSPS) is 28.5. The molecule has 4 atom stereocenters. The highest BCUT2D eigenvalue weighted by atomic mass is 16.2. The first-order chi connectivity index (χ1) is 8.06. The van der Waals surface area contributed by atoms with Crippen LogP contribution in [0, 0.1) is 17.8 Å². The van der Waals surface area contributed by atoms with E-state index in [9.17, 15) is 4.79 Å². The summed E-state index contributed by atoms with van der Waals surface area (Å²) in [5, 5.41) is 3.03. The molecule has 1 fully saturated rings. The summed E-state index contributed by atoms with van der Waals surface area (Å²) >= 11 is 0. The van der Waals surface area contributed by atoms with Gasteiger partial charge in [0.15, 0.2) is 0 Å². The van der Waals surface area contributed by atoms with Crippen molar-refractivity contribution >= 4 is 5.91 Å². The Hall–Kier alpha value is -0.570. The lowest BCUT2D eigenvalue weighted by atomic mass is 9.80. The standard InChI is InChI=1S/C14H28N2O/c1-4-10(2)13(15)14(17)16-9-12-8-6-5-7-11(12)3/h10-13H,4-9,15H2,1-3H3,(H,16,17). The van der Waals surface area contributed by atoms with Gasteiger partial charge in [0.2, 0.25) is 5.91 Å².